The largest absolute Gasteiger partial charge is 0.445 e. The van der Waals surface area contributed by atoms with Gasteiger partial charge in [-0.05, 0) is 44.9 Å². The van der Waals surface area contributed by atoms with E-state index in [0.29, 0.717) is 5.92 Å². The quantitative estimate of drug-likeness (QED) is 0.625. The third-order valence-corrected chi connectivity index (χ3v) is 4.58. The second kappa shape index (κ2) is 7.19. The van der Waals surface area contributed by atoms with E-state index >= 15 is 0 Å². The molecule has 2 aliphatic carbocycles. The number of ether oxygens (including phenoxy) is 1. The number of urea groups is 1. The predicted molar refractivity (Wildman–Crippen MR) is 88.3 cm³/mol. The maximum Gasteiger partial charge on any atom is 0.437 e. The Hall–Kier alpha value is -1.79. The summed E-state index contributed by atoms with van der Waals surface area (Å²) in [4.78, 5) is 31.1. The molecule has 130 valence electrons. The summed E-state index contributed by atoms with van der Waals surface area (Å²) in [7, 11) is 5.09. The smallest absolute Gasteiger partial charge is 0.437 e. The van der Waals surface area contributed by atoms with E-state index in [-0.39, 0.29) is 24.1 Å². The van der Waals surface area contributed by atoms with E-state index in [4.69, 9.17) is 4.74 Å². The Labute approximate surface area is 138 Å². The number of amides is 3. The van der Waals surface area contributed by atoms with Crippen molar-refractivity contribution in [2.24, 2.45) is 16.8 Å². The van der Waals surface area contributed by atoms with E-state index < -0.39 is 6.09 Å². The van der Waals surface area contributed by atoms with Crippen LogP contribution >= 0.6 is 0 Å². The van der Waals surface area contributed by atoms with Gasteiger partial charge in [0.05, 0.1) is 6.10 Å². The summed E-state index contributed by atoms with van der Waals surface area (Å²) in [6.45, 7) is 3.52. The fraction of sp³-hybridized carbons (Fsp3) is 0.812. The summed E-state index contributed by atoms with van der Waals surface area (Å²) in [5.41, 5.74) is 0. The van der Waals surface area contributed by atoms with Gasteiger partial charge in [0.25, 0.3) is 0 Å². The van der Waals surface area contributed by atoms with Crippen LogP contribution in [-0.4, -0.2) is 61.2 Å². The van der Waals surface area contributed by atoms with Crippen molar-refractivity contribution in [3.05, 3.63) is 0 Å². The molecule has 2 aliphatic rings. The summed E-state index contributed by atoms with van der Waals surface area (Å²) in [6.07, 6.45) is 3.84. The number of hydrogen-bond donors (Lipinski definition) is 1. The first kappa shape index (κ1) is 17.6. The lowest BCUT2D eigenvalue weighted by atomic mass is 9.95. The van der Waals surface area contributed by atoms with E-state index in [2.05, 4.69) is 10.3 Å². The Morgan fingerprint density at radius 3 is 2.35 bits per heavy atom. The standard InChI is InChI=1S/C16H28N4O3/c1-10(2)23-16(22)18-14(19(3)4)20(5)15(21)17-13-9-11-6-7-12(13)8-11/h10-13H,6-9H2,1-5H3,(H,17,21). The van der Waals surface area contributed by atoms with E-state index in [0.717, 1.165) is 12.3 Å². The molecule has 0 aliphatic heterocycles. The van der Waals surface area contributed by atoms with Crippen molar-refractivity contribution < 1.29 is 14.3 Å². The zero-order valence-electron chi connectivity index (χ0n) is 14.7. The fourth-order valence-electron chi connectivity index (χ4n) is 3.55. The highest BCUT2D eigenvalue weighted by atomic mass is 16.6. The molecule has 7 heteroatoms. The van der Waals surface area contributed by atoms with Gasteiger partial charge in [-0.2, -0.15) is 0 Å². The van der Waals surface area contributed by atoms with Gasteiger partial charge >= 0.3 is 12.1 Å². The molecule has 2 rings (SSSR count). The zero-order valence-corrected chi connectivity index (χ0v) is 14.7. The molecule has 2 saturated carbocycles. The normalized spacial score (nSPS) is 26.3. The highest BCUT2D eigenvalue weighted by molar-refractivity contribution is 6.00. The third-order valence-electron chi connectivity index (χ3n) is 4.58. The number of carbonyl (C=O) groups excluding carboxylic acids is 2. The topological polar surface area (TPSA) is 74.2 Å². The average molecular weight is 324 g/mol. The third kappa shape index (κ3) is 4.36. The zero-order chi connectivity index (χ0) is 17.1. The molecular formula is C16H28N4O3. The molecule has 0 spiro atoms. The van der Waals surface area contributed by atoms with Crippen LogP contribution in [0.15, 0.2) is 4.99 Å². The Bertz CT molecular complexity index is 490. The molecule has 3 unspecified atom stereocenters. The molecule has 2 bridgehead atoms. The van der Waals surface area contributed by atoms with Crippen LogP contribution in [0.3, 0.4) is 0 Å². The number of rotatable bonds is 2. The first-order chi connectivity index (χ1) is 10.8. The molecule has 0 aromatic carbocycles. The highest BCUT2D eigenvalue weighted by Gasteiger charge is 2.40. The maximum atomic E-state index is 12.5. The molecule has 3 atom stereocenters. The number of aliphatic imine (C=N–C) groups is 1. The van der Waals surface area contributed by atoms with E-state index in [1.54, 1.807) is 39.9 Å². The van der Waals surface area contributed by atoms with Crippen LogP contribution in [0, 0.1) is 11.8 Å². The summed E-state index contributed by atoms with van der Waals surface area (Å²) in [5, 5.41) is 3.09. The molecule has 0 heterocycles. The van der Waals surface area contributed by atoms with Crippen LogP contribution in [0.4, 0.5) is 9.59 Å². The van der Waals surface area contributed by atoms with Crippen LogP contribution in [0.5, 0.6) is 0 Å². The second-order valence-corrected chi connectivity index (χ2v) is 7.03. The molecular weight excluding hydrogens is 296 g/mol. The molecule has 3 amide bonds. The van der Waals surface area contributed by atoms with Crippen molar-refractivity contribution in [1.82, 2.24) is 15.1 Å². The Morgan fingerprint density at radius 2 is 1.87 bits per heavy atom. The summed E-state index contributed by atoms with van der Waals surface area (Å²) >= 11 is 0. The van der Waals surface area contributed by atoms with Gasteiger partial charge in [-0.1, -0.05) is 6.42 Å². The van der Waals surface area contributed by atoms with Crippen LogP contribution in [-0.2, 0) is 4.74 Å². The number of guanidine groups is 1. The fourth-order valence-corrected chi connectivity index (χ4v) is 3.55. The van der Waals surface area contributed by atoms with Crippen molar-refractivity contribution >= 4 is 18.1 Å². The minimum atomic E-state index is -0.691. The monoisotopic (exact) mass is 324 g/mol. The predicted octanol–water partition coefficient (Wildman–Crippen LogP) is 2.28. The van der Waals surface area contributed by atoms with E-state index in [9.17, 15) is 9.59 Å². The van der Waals surface area contributed by atoms with Crippen LogP contribution in [0.2, 0.25) is 0 Å². The minimum Gasteiger partial charge on any atom is -0.445 e. The minimum absolute atomic E-state index is 0.229. The Kier molecular flexibility index (Phi) is 5.49. The molecule has 2 fully saturated rings. The van der Waals surface area contributed by atoms with Crippen molar-refractivity contribution in [3.8, 4) is 0 Å². The highest BCUT2D eigenvalue weighted by Crippen LogP contribution is 2.44. The number of nitrogens with zero attached hydrogens (tertiary/aromatic N) is 3. The SMILES string of the molecule is CC(C)OC(=O)N=C(N(C)C)N(C)C(=O)NC1CC2CCC1C2. The van der Waals surface area contributed by atoms with Gasteiger partial charge in [0.2, 0.25) is 5.96 Å². The van der Waals surface area contributed by atoms with Gasteiger partial charge < -0.3 is 15.0 Å². The lowest BCUT2D eigenvalue weighted by molar-refractivity contribution is 0.125. The van der Waals surface area contributed by atoms with Gasteiger partial charge in [-0.15, -0.1) is 4.99 Å². The van der Waals surface area contributed by atoms with Crippen molar-refractivity contribution in [2.45, 2.75) is 51.7 Å². The van der Waals surface area contributed by atoms with Crippen molar-refractivity contribution in [3.63, 3.8) is 0 Å². The molecule has 7 nitrogen and oxygen atoms in total. The van der Waals surface area contributed by atoms with Gasteiger partial charge in [0.15, 0.2) is 0 Å². The van der Waals surface area contributed by atoms with E-state index in [1.165, 1.54) is 24.2 Å². The number of carbonyl (C=O) groups is 2. The van der Waals surface area contributed by atoms with E-state index in [1.807, 2.05) is 0 Å². The van der Waals surface area contributed by atoms with Crippen LogP contribution < -0.4 is 5.32 Å². The Balaban J connectivity index is 1.99. The lowest BCUT2D eigenvalue weighted by Gasteiger charge is -2.29. The molecule has 1 N–H and O–H groups in total. The summed E-state index contributed by atoms with van der Waals surface area (Å²) < 4.78 is 5.02. The molecule has 0 aromatic rings. The van der Waals surface area contributed by atoms with Crippen LogP contribution in [0.1, 0.15) is 39.5 Å². The van der Waals surface area contributed by atoms with Crippen LogP contribution in [0.25, 0.3) is 0 Å². The molecule has 0 saturated heterocycles. The van der Waals surface area contributed by atoms with Gasteiger partial charge in [-0.3, -0.25) is 4.90 Å². The van der Waals surface area contributed by atoms with Crippen molar-refractivity contribution in [2.75, 3.05) is 21.1 Å². The average Bonchev–Trinajstić information content (AvgIpc) is 3.05. The Morgan fingerprint density at radius 1 is 1.17 bits per heavy atom. The maximum absolute atomic E-state index is 12.5. The lowest BCUT2D eigenvalue weighted by Crippen LogP contribution is -2.50. The molecule has 0 aromatic heterocycles. The summed E-state index contributed by atoms with van der Waals surface area (Å²) in [5.74, 6) is 1.62. The first-order valence-electron chi connectivity index (χ1n) is 8.28. The van der Waals surface area contributed by atoms with Gasteiger partial charge in [0, 0.05) is 27.2 Å². The number of hydrogen-bond acceptors (Lipinski definition) is 3. The van der Waals surface area contributed by atoms with Gasteiger partial charge in [0.1, 0.15) is 0 Å². The first-order valence-corrected chi connectivity index (χ1v) is 8.28. The second-order valence-electron chi connectivity index (χ2n) is 7.03. The molecule has 0 radical (unpaired) electrons. The summed E-state index contributed by atoms with van der Waals surface area (Å²) in [6, 6.07) is 0.0158. The molecule has 23 heavy (non-hydrogen) atoms. The van der Waals surface area contributed by atoms with Crippen molar-refractivity contribution in [1.29, 1.82) is 0 Å². The number of fused-ring (bicyclic) bond motifs is 2. The van der Waals surface area contributed by atoms with Gasteiger partial charge in [-0.25, -0.2) is 9.59 Å². The number of nitrogens with one attached hydrogen (secondary N) is 1.